The molecule has 6 heterocycles. The Kier molecular flexibility index (Phi) is 24.3. The van der Waals surface area contributed by atoms with Crippen LogP contribution >= 0.6 is 15.9 Å². The zero-order chi connectivity index (χ0) is 67.4. The van der Waals surface area contributed by atoms with Crippen LogP contribution in [0.2, 0.25) is 0 Å². The van der Waals surface area contributed by atoms with Crippen LogP contribution in [0.4, 0.5) is 15.3 Å². The summed E-state index contributed by atoms with van der Waals surface area (Å²) in [6.45, 7) is 1.15. The highest BCUT2D eigenvalue weighted by Crippen LogP contribution is 2.33. The zero-order valence-electron chi connectivity index (χ0n) is 52.0. The number of carboxylic acid groups (broad SMARTS) is 1. The normalized spacial score (nSPS) is 15.1. The van der Waals surface area contributed by atoms with Crippen molar-refractivity contribution in [2.75, 3.05) is 53.5 Å². The molecule has 13 rings (SSSR count). The molecule has 3 aliphatic rings. The number of furan rings is 4. The Hall–Kier alpha value is -10.8. The highest BCUT2D eigenvalue weighted by Gasteiger charge is 2.35. The maximum absolute atomic E-state index is 13.1. The van der Waals surface area contributed by atoms with Crippen molar-refractivity contribution >= 4 is 113 Å². The van der Waals surface area contributed by atoms with E-state index in [4.69, 9.17) is 48.5 Å². The number of esters is 3. The van der Waals surface area contributed by atoms with Gasteiger partial charge in [0.05, 0.1) is 93.6 Å². The van der Waals surface area contributed by atoms with Crippen molar-refractivity contribution in [2.45, 2.75) is 63.7 Å². The van der Waals surface area contributed by atoms with Gasteiger partial charge in [0, 0.05) is 59.6 Å². The van der Waals surface area contributed by atoms with Crippen molar-refractivity contribution in [1.29, 1.82) is 0 Å². The van der Waals surface area contributed by atoms with Crippen LogP contribution in [0.5, 0.6) is 11.5 Å². The maximum Gasteiger partial charge on any atom is 0.337 e. The quantitative estimate of drug-likeness (QED) is 0.0690. The fourth-order valence-electron chi connectivity index (χ4n) is 9.86. The number of anilines is 1. The number of rotatable bonds is 11. The molecule has 6 amide bonds. The lowest BCUT2D eigenvalue weighted by molar-refractivity contribution is -0.130. The van der Waals surface area contributed by atoms with Gasteiger partial charge in [-0.1, -0.05) is 49.2 Å². The average molecular weight is 1350 g/mol. The van der Waals surface area contributed by atoms with Crippen LogP contribution in [0.25, 0.3) is 43.9 Å². The first kappa shape index (κ1) is 69.1. The third-order valence-electron chi connectivity index (χ3n) is 15.1. The van der Waals surface area contributed by atoms with Crippen LogP contribution in [-0.4, -0.2) is 123 Å². The number of ether oxygens (including phenoxy) is 5. The molecule has 2 saturated heterocycles. The molecule has 3 fully saturated rings. The summed E-state index contributed by atoms with van der Waals surface area (Å²) in [4.78, 5) is 97.2. The summed E-state index contributed by atoms with van der Waals surface area (Å²) in [5, 5.41) is 14.8. The Bertz CT molecular complexity index is 4260. The van der Waals surface area contributed by atoms with Crippen LogP contribution in [0.15, 0.2) is 181 Å². The first-order chi connectivity index (χ1) is 45.3. The van der Waals surface area contributed by atoms with Crippen LogP contribution < -0.4 is 31.2 Å². The van der Waals surface area contributed by atoms with Crippen molar-refractivity contribution in [3.63, 3.8) is 0 Å². The molecule has 6 N–H and O–H groups in total. The number of imide groups is 2. The van der Waals surface area contributed by atoms with Crippen LogP contribution in [0.1, 0.15) is 91.1 Å². The topological polar surface area (TPSA) is 329 Å². The molecule has 1 aliphatic carbocycles. The highest BCUT2D eigenvalue weighted by molar-refractivity contribution is 9.10. The summed E-state index contributed by atoms with van der Waals surface area (Å²) >= 11 is 3.34. The number of carbonyl (C=O) groups is 8. The maximum atomic E-state index is 13.1. The Morgan fingerprint density at radius 1 is 0.543 bits per heavy atom. The molecule has 0 spiro atoms. The molecule has 0 bridgehead atoms. The second kappa shape index (κ2) is 33.0. The molecular weight excluding hydrogens is 1280 g/mol. The predicted molar refractivity (Wildman–Crippen MR) is 350 cm³/mol. The molecule has 10 aromatic rings. The first-order valence-corrected chi connectivity index (χ1v) is 30.2. The summed E-state index contributed by atoms with van der Waals surface area (Å²) in [5.41, 5.74) is 17.6. The molecule has 0 radical (unpaired) electrons. The number of methoxy groups -OCH3 is 5. The molecule has 2 aliphatic heterocycles. The number of aromatic carboxylic acids is 1. The largest absolute Gasteiger partial charge is 0.497 e. The Balaban J connectivity index is 0.000000153. The van der Waals surface area contributed by atoms with Crippen molar-refractivity contribution in [2.24, 2.45) is 11.5 Å². The minimum absolute atomic E-state index is 0.135. The minimum atomic E-state index is -0.937. The number of halogens is 1. The van der Waals surface area contributed by atoms with Crippen LogP contribution in [0.3, 0.4) is 0 Å². The molecule has 4 aromatic heterocycles. The minimum Gasteiger partial charge on any atom is -0.497 e. The summed E-state index contributed by atoms with van der Waals surface area (Å²) in [6.07, 6.45) is 11.5. The van der Waals surface area contributed by atoms with E-state index < -0.39 is 18.0 Å². The van der Waals surface area contributed by atoms with Gasteiger partial charge < -0.3 is 63.2 Å². The van der Waals surface area contributed by atoms with Crippen molar-refractivity contribution in [3.8, 4) is 11.5 Å². The van der Waals surface area contributed by atoms with E-state index in [1.807, 2.05) is 54.6 Å². The number of nitrogens with one attached hydrogen (secondary N) is 1. The van der Waals surface area contributed by atoms with E-state index in [0.717, 1.165) is 50.3 Å². The first-order valence-electron chi connectivity index (χ1n) is 29.4. The SMILES string of the molecule is COC(=O)c1ccc2c(Br)coc2c1.COC(=O)c1ccc2c(N3CCC(=O)N(Cc4ccc(OC)cc4)C3=O)coc2c1.COC(=O)c1ccc2ccoc2c1.COc1ccc(CN2C(=O)CCNC2=O)cc1.N[C@@H]1CCCC[C@H]1N.O=C(O)c1ccc2ccoc2c1. The lowest BCUT2D eigenvalue weighted by Crippen LogP contribution is -2.52. The predicted octanol–water partition coefficient (Wildman–Crippen LogP) is 12.3. The molecular formula is C69H69BrN6O18. The van der Waals surface area contributed by atoms with Crippen molar-refractivity contribution in [1.82, 2.24) is 15.1 Å². The average Bonchev–Trinajstić information content (AvgIpc) is 1.56. The molecule has 1 saturated carbocycles. The number of benzene rings is 6. The fourth-order valence-corrected chi connectivity index (χ4v) is 10.3. The van der Waals surface area contributed by atoms with Gasteiger partial charge >= 0.3 is 35.9 Å². The number of hydrogen-bond donors (Lipinski definition) is 4. The number of carbonyl (C=O) groups excluding carboxylic acids is 7. The van der Waals surface area contributed by atoms with Gasteiger partial charge in [-0.2, -0.15) is 0 Å². The number of amides is 6. The Morgan fingerprint density at radius 3 is 1.48 bits per heavy atom. The molecule has 490 valence electrons. The van der Waals surface area contributed by atoms with Crippen molar-refractivity contribution in [3.05, 3.63) is 196 Å². The van der Waals surface area contributed by atoms with E-state index in [1.54, 1.807) is 99.5 Å². The van der Waals surface area contributed by atoms with Crippen LogP contribution in [0, 0.1) is 0 Å². The number of nitrogens with zero attached hydrogens (tertiary/aromatic N) is 3. The van der Waals surface area contributed by atoms with Gasteiger partial charge in [0.1, 0.15) is 46.4 Å². The zero-order valence-corrected chi connectivity index (χ0v) is 53.6. The summed E-state index contributed by atoms with van der Waals surface area (Å²) in [6, 6.07) is 38.0. The van der Waals surface area contributed by atoms with E-state index in [1.165, 1.54) is 67.5 Å². The van der Waals surface area contributed by atoms with Crippen LogP contribution in [-0.2, 0) is 36.9 Å². The summed E-state index contributed by atoms with van der Waals surface area (Å²) in [5.74, 6) is -1.03. The van der Waals surface area contributed by atoms with Gasteiger partial charge in [-0.25, -0.2) is 28.8 Å². The van der Waals surface area contributed by atoms with Gasteiger partial charge in [0.2, 0.25) is 11.8 Å². The van der Waals surface area contributed by atoms with E-state index >= 15 is 0 Å². The molecule has 6 aromatic carbocycles. The fraction of sp³-hybridized carbons (Fsp3) is 0.246. The van der Waals surface area contributed by atoms with E-state index in [2.05, 4.69) is 30.7 Å². The molecule has 0 unspecified atom stereocenters. The third kappa shape index (κ3) is 17.8. The lowest BCUT2D eigenvalue weighted by atomic mass is 9.92. The third-order valence-corrected chi connectivity index (χ3v) is 15.8. The van der Waals surface area contributed by atoms with Gasteiger partial charge in [0.25, 0.3) is 0 Å². The second-order valence-corrected chi connectivity index (χ2v) is 22.0. The van der Waals surface area contributed by atoms with Crippen molar-refractivity contribution < 1.29 is 84.8 Å². The van der Waals surface area contributed by atoms with Gasteiger partial charge in [-0.05, 0) is 137 Å². The number of hydrogen-bond acceptors (Lipinski definition) is 19. The summed E-state index contributed by atoms with van der Waals surface area (Å²) in [7, 11) is 7.19. The molecule has 25 heteroatoms. The number of nitrogens with two attached hydrogens (primary N) is 2. The molecule has 2 atom stereocenters. The second-order valence-electron chi connectivity index (χ2n) is 21.2. The summed E-state index contributed by atoms with van der Waals surface area (Å²) < 4.78 is 46.0. The molecule has 24 nitrogen and oxygen atoms in total. The van der Waals surface area contributed by atoms with E-state index in [-0.39, 0.29) is 66.9 Å². The molecule has 94 heavy (non-hydrogen) atoms. The van der Waals surface area contributed by atoms with Gasteiger partial charge in [-0.3, -0.25) is 24.3 Å². The van der Waals surface area contributed by atoms with E-state index in [9.17, 15) is 38.4 Å². The standard InChI is InChI=1S/C22H20N2O6.C12H14N2O3.C10H7BrO3.C10H8O3.C9H6O3.C6H14N2/c1-28-16-6-3-14(4-7-16)12-24-20(25)9-10-23(22(24)27)18-13-30-19-11-15(21(26)29-2)5-8-17(18)19;1-17-10-4-2-9(3-5-10)8-14-11(15)6-7-13-12(14)16;1-13-10(12)6-2-3-7-8(11)5-14-9(7)4-6;1-12-10(11)8-3-2-7-4-5-13-9(7)6-8;10-9(11)7-2-1-6-3-4-12-8(6)5-7;7-5-3-1-2-4-6(5)8/h3-8,11,13H,9-10,12H2,1-2H3;2-5H,6-8H2,1H3,(H,13,16);2-5H,1H3;2-6H,1H3;1-5H,(H,10,11);5-6H,1-4,7-8H2/t;;;;;5-,6-/m.....1/s1. The number of carboxylic acids is 1. The van der Waals surface area contributed by atoms with Gasteiger partial charge in [-0.15, -0.1) is 0 Å². The van der Waals surface area contributed by atoms with E-state index in [0.29, 0.717) is 75.4 Å². The Morgan fingerprint density at radius 2 is 0.989 bits per heavy atom. The smallest absolute Gasteiger partial charge is 0.337 e. The highest BCUT2D eigenvalue weighted by atomic mass is 79.9. The van der Waals surface area contributed by atoms with Gasteiger partial charge in [0.15, 0.2) is 0 Å². The number of urea groups is 2. The Labute approximate surface area is 547 Å². The lowest BCUT2D eigenvalue weighted by Gasteiger charge is -2.33. The monoisotopic (exact) mass is 1350 g/mol. The number of fused-ring (bicyclic) bond motifs is 4.